The van der Waals surface area contributed by atoms with Crippen molar-refractivity contribution in [2.24, 2.45) is 0 Å². The Morgan fingerprint density at radius 2 is 2.11 bits per heavy atom. The summed E-state index contributed by atoms with van der Waals surface area (Å²) < 4.78 is 5.44. The molecule has 2 unspecified atom stereocenters. The van der Waals surface area contributed by atoms with Crippen LogP contribution in [0.1, 0.15) is 39.0 Å². The van der Waals surface area contributed by atoms with Crippen LogP contribution in [0.4, 0.5) is 4.79 Å². The van der Waals surface area contributed by atoms with Gasteiger partial charge < -0.3 is 20.1 Å². The number of carbonyl (C=O) groups excluding carboxylic acids is 1. The number of rotatable bonds is 2. The number of morpholine rings is 1. The average molecular weight is 256 g/mol. The second-order valence-electron chi connectivity index (χ2n) is 5.42. The summed E-state index contributed by atoms with van der Waals surface area (Å²) in [5, 5.41) is 12.2. The topological polar surface area (TPSA) is 61.8 Å². The summed E-state index contributed by atoms with van der Waals surface area (Å²) in [6.07, 6.45) is 5.65. The largest absolute Gasteiger partial charge is 0.394 e. The number of nitrogens with zero attached hydrogens (tertiary/aromatic N) is 1. The van der Waals surface area contributed by atoms with Crippen molar-refractivity contribution in [3.05, 3.63) is 0 Å². The van der Waals surface area contributed by atoms with Crippen LogP contribution in [0.15, 0.2) is 0 Å². The molecule has 2 aliphatic rings. The minimum atomic E-state index is -0.238. The Labute approximate surface area is 108 Å². The van der Waals surface area contributed by atoms with E-state index >= 15 is 0 Å². The van der Waals surface area contributed by atoms with E-state index in [4.69, 9.17) is 9.84 Å². The zero-order valence-electron chi connectivity index (χ0n) is 11.1. The Morgan fingerprint density at radius 3 is 2.78 bits per heavy atom. The highest BCUT2D eigenvalue weighted by Crippen LogP contribution is 2.18. The van der Waals surface area contributed by atoms with Gasteiger partial charge in [0.2, 0.25) is 0 Å². The maximum absolute atomic E-state index is 12.2. The highest BCUT2D eigenvalue weighted by molar-refractivity contribution is 5.75. The zero-order chi connectivity index (χ0) is 13.0. The fourth-order valence-corrected chi connectivity index (χ4v) is 2.72. The zero-order valence-corrected chi connectivity index (χ0v) is 11.1. The smallest absolute Gasteiger partial charge is 0.318 e. The van der Waals surface area contributed by atoms with Gasteiger partial charge in [-0.2, -0.15) is 0 Å². The predicted octanol–water partition coefficient (Wildman–Crippen LogP) is 1.11. The van der Waals surface area contributed by atoms with Crippen molar-refractivity contribution in [2.75, 3.05) is 19.8 Å². The van der Waals surface area contributed by atoms with Crippen LogP contribution in [-0.2, 0) is 4.74 Å². The number of hydrogen-bond acceptors (Lipinski definition) is 3. The van der Waals surface area contributed by atoms with Gasteiger partial charge in [-0.25, -0.2) is 4.79 Å². The van der Waals surface area contributed by atoms with E-state index in [-0.39, 0.29) is 24.8 Å². The first-order valence-corrected chi connectivity index (χ1v) is 7.00. The Bertz CT molecular complexity index is 279. The Morgan fingerprint density at radius 1 is 1.39 bits per heavy atom. The first-order chi connectivity index (χ1) is 8.70. The number of nitrogens with one attached hydrogen (secondary N) is 1. The maximum Gasteiger partial charge on any atom is 0.318 e. The Balaban J connectivity index is 1.85. The lowest BCUT2D eigenvalue weighted by Gasteiger charge is -2.38. The third kappa shape index (κ3) is 3.36. The quantitative estimate of drug-likeness (QED) is 0.778. The van der Waals surface area contributed by atoms with E-state index in [1.165, 1.54) is 19.3 Å². The van der Waals surface area contributed by atoms with Crippen molar-refractivity contribution in [1.29, 1.82) is 0 Å². The molecule has 2 amide bonds. The highest BCUT2D eigenvalue weighted by atomic mass is 16.5. The summed E-state index contributed by atoms with van der Waals surface area (Å²) in [4.78, 5) is 14.0. The molecule has 2 rings (SSSR count). The number of hydrogen-bond donors (Lipinski definition) is 2. The second kappa shape index (κ2) is 6.38. The molecule has 2 fully saturated rings. The van der Waals surface area contributed by atoms with Gasteiger partial charge in [0.25, 0.3) is 0 Å². The number of aliphatic hydroxyl groups excluding tert-OH is 1. The highest BCUT2D eigenvalue weighted by Gasteiger charge is 2.30. The van der Waals surface area contributed by atoms with Crippen LogP contribution < -0.4 is 5.32 Å². The van der Waals surface area contributed by atoms with Crippen molar-refractivity contribution in [2.45, 2.75) is 57.2 Å². The molecule has 5 heteroatoms. The monoisotopic (exact) mass is 256 g/mol. The van der Waals surface area contributed by atoms with Crippen LogP contribution in [0.25, 0.3) is 0 Å². The third-order valence-electron chi connectivity index (χ3n) is 3.90. The van der Waals surface area contributed by atoms with Gasteiger partial charge in [-0.05, 0) is 19.8 Å². The summed E-state index contributed by atoms with van der Waals surface area (Å²) >= 11 is 0. The molecule has 2 atom stereocenters. The van der Waals surface area contributed by atoms with Crippen molar-refractivity contribution >= 4 is 6.03 Å². The number of aliphatic hydroxyl groups is 1. The molecule has 0 aromatic heterocycles. The first-order valence-electron chi connectivity index (χ1n) is 7.00. The fourth-order valence-electron chi connectivity index (χ4n) is 2.72. The summed E-state index contributed by atoms with van der Waals surface area (Å²) in [6.45, 7) is 2.94. The van der Waals surface area contributed by atoms with Crippen LogP contribution in [0.2, 0.25) is 0 Å². The van der Waals surface area contributed by atoms with E-state index in [0.717, 1.165) is 12.8 Å². The van der Waals surface area contributed by atoms with Gasteiger partial charge in [0.15, 0.2) is 0 Å². The van der Waals surface area contributed by atoms with Gasteiger partial charge in [-0.1, -0.05) is 19.3 Å². The van der Waals surface area contributed by atoms with Crippen LogP contribution in [0.5, 0.6) is 0 Å². The van der Waals surface area contributed by atoms with Gasteiger partial charge in [0, 0.05) is 6.04 Å². The summed E-state index contributed by atoms with van der Waals surface area (Å²) in [5.74, 6) is 0. The molecule has 0 aromatic rings. The van der Waals surface area contributed by atoms with Gasteiger partial charge in [-0.3, -0.25) is 0 Å². The van der Waals surface area contributed by atoms with Crippen LogP contribution >= 0.6 is 0 Å². The molecular weight excluding hydrogens is 232 g/mol. The molecule has 1 saturated heterocycles. The molecule has 0 radical (unpaired) electrons. The van der Waals surface area contributed by atoms with Crippen molar-refractivity contribution < 1.29 is 14.6 Å². The van der Waals surface area contributed by atoms with Crippen molar-refractivity contribution in [3.8, 4) is 0 Å². The maximum atomic E-state index is 12.2. The SMILES string of the molecule is CC1COC(CO)CN1C(=O)NC1CCCCC1. The van der Waals surface area contributed by atoms with E-state index < -0.39 is 0 Å². The lowest BCUT2D eigenvalue weighted by molar-refractivity contribution is -0.0631. The molecule has 2 N–H and O–H groups in total. The molecule has 0 spiro atoms. The lowest BCUT2D eigenvalue weighted by Crippen LogP contribution is -2.56. The Hall–Kier alpha value is -0.810. The summed E-state index contributed by atoms with van der Waals surface area (Å²) in [5.41, 5.74) is 0. The first kappa shape index (κ1) is 13.6. The molecule has 1 aliphatic heterocycles. The molecule has 104 valence electrons. The molecule has 18 heavy (non-hydrogen) atoms. The number of urea groups is 1. The summed E-state index contributed by atoms with van der Waals surface area (Å²) in [6, 6.07) is 0.404. The molecule has 1 heterocycles. The second-order valence-corrected chi connectivity index (χ2v) is 5.42. The van der Waals surface area contributed by atoms with E-state index in [0.29, 0.717) is 19.2 Å². The third-order valence-corrected chi connectivity index (χ3v) is 3.90. The van der Waals surface area contributed by atoms with Gasteiger partial charge in [0.1, 0.15) is 0 Å². The number of carbonyl (C=O) groups is 1. The molecule has 1 aliphatic carbocycles. The van der Waals surface area contributed by atoms with E-state index in [1.54, 1.807) is 4.90 Å². The summed E-state index contributed by atoms with van der Waals surface area (Å²) in [7, 11) is 0. The van der Waals surface area contributed by atoms with Gasteiger partial charge in [-0.15, -0.1) is 0 Å². The van der Waals surface area contributed by atoms with Crippen LogP contribution in [0, 0.1) is 0 Å². The molecule has 0 bridgehead atoms. The minimum Gasteiger partial charge on any atom is -0.394 e. The minimum absolute atomic E-state index is 0.00356. The van der Waals surface area contributed by atoms with E-state index in [9.17, 15) is 4.79 Å². The number of amides is 2. The molecular formula is C13H24N2O3. The van der Waals surface area contributed by atoms with Crippen molar-refractivity contribution in [3.63, 3.8) is 0 Å². The van der Waals surface area contributed by atoms with Crippen LogP contribution in [-0.4, -0.2) is 54.0 Å². The number of ether oxygens (including phenoxy) is 1. The normalized spacial score (nSPS) is 30.2. The van der Waals surface area contributed by atoms with Crippen LogP contribution in [0.3, 0.4) is 0 Å². The average Bonchev–Trinajstić information content (AvgIpc) is 2.40. The predicted molar refractivity (Wildman–Crippen MR) is 68.4 cm³/mol. The van der Waals surface area contributed by atoms with Crippen molar-refractivity contribution in [1.82, 2.24) is 10.2 Å². The van der Waals surface area contributed by atoms with E-state index in [1.807, 2.05) is 6.92 Å². The standard InChI is InChI=1S/C13H24N2O3/c1-10-9-18-12(8-16)7-15(10)13(17)14-11-5-3-2-4-6-11/h10-12,16H,2-9H2,1H3,(H,14,17). The lowest BCUT2D eigenvalue weighted by atomic mass is 9.96. The molecule has 0 aromatic carbocycles. The molecule has 1 saturated carbocycles. The van der Waals surface area contributed by atoms with Gasteiger partial charge in [0.05, 0.1) is 31.9 Å². The Kier molecular flexibility index (Phi) is 4.83. The molecule has 5 nitrogen and oxygen atoms in total. The van der Waals surface area contributed by atoms with E-state index in [2.05, 4.69) is 5.32 Å². The van der Waals surface area contributed by atoms with Gasteiger partial charge >= 0.3 is 6.03 Å². The fraction of sp³-hybridized carbons (Fsp3) is 0.923.